The summed E-state index contributed by atoms with van der Waals surface area (Å²) < 4.78 is 13.8. The highest BCUT2D eigenvalue weighted by molar-refractivity contribution is 7.99. The monoisotopic (exact) mass is 269 g/mol. The van der Waals surface area contributed by atoms with Crippen LogP contribution in [0.4, 0.5) is 4.39 Å². The first-order valence-electron chi connectivity index (χ1n) is 6.59. The van der Waals surface area contributed by atoms with Gasteiger partial charge in [0, 0.05) is 17.0 Å². The van der Waals surface area contributed by atoms with E-state index in [9.17, 15) is 4.39 Å². The van der Waals surface area contributed by atoms with E-state index in [0.717, 1.165) is 35.6 Å². The minimum Gasteiger partial charge on any atom is -0.308 e. The summed E-state index contributed by atoms with van der Waals surface area (Å²) in [6.45, 7) is 9.24. The summed E-state index contributed by atoms with van der Waals surface area (Å²) in [7, 11) is 0. The van der Waals surface area contributed by atoms with Gasteiger partial charge in [0.05, 0.1) is 0 Å². The molecular weight excluding hydrogens is 245 g/mol. The van der Waals surface area contributed by atoms with E-state index in [4.69, 9.17) is 0 Å². The van der Waals surface area contributed by atoms with Gasteiger partial charge in [0.2, 0.25) is 0 Å². The van der Waals surface area contributed by atoms with Gasteiger partial charge in [-0.05, 0) is 44.6 Å². The van der Waals surface area contributed by atoms with Gasteiger partial charge in [-0.1, -0.05) is 25.5 Å². The Morgan fingerprint density at radius 2 is 2.00 bits per heavy atom. The van der Waals surface area contributed by atoms with Crippen molar-refractivity contribution in [3.8, 4) is 0 Å². The largest absolute Gasteiger partial charge is 0.308 e. The van der Waals surface area contributed by atoms with Crippen molar-refractivity contribution < 1.29 is 4.39 Å². The van der Waals surface area contributed by atoms with Crippen molar-refractivity contribution in [1.82, 2.24) is 5.32 Å². The number of nitrogens with one attached hydrogen (secondary N) is 1. The molecule has 18 heavy (non-hydrogen) atoms. The zero-order valence-corrected chi connectivity index (χ0v) is 12.7. The van der Waals surface area contributed by atoms with Gasteiger partial charge in [-0.15, -0.1) is 11.8 Å². The molecule has 0 saturated carbocycles. The Bertz CT molecular complexity index is 371. The number of rotatable bonds is 6. The maximum atomic E-state index is 13.8. The van der Waals surface area contributed by atoms with Crippen molar-refractivity contribution >= 4 is 11.8 Å². The van der Waals surface area contributed by atoms with E-state index >= 15 is 0 Å². The van der Waals surface area contributed by atoms with Crippen LogP contribution in [0.15, 0.2) is 23.1 Å². The van der Waals surface area contributed by atoms with Crippen LogP contribution in [-0.2, 0) is 6.54 Å². The number of unbranched alkanes of at least 4 members (excludes halogenated alkanes) is 1. The second-order valence-electron chi connectivity index (χ2n) is 5.53. The van der Waals surface area contributed by atoms with E-state index < -0.39 is 0 Å². The average Bonchev–Trinajstić information content (AvgIpc) is 2.28. The van der Waals surface area contributed by atoms with Crippen molar-refractivity contribution in [1.29, 1.82) is 0 Å². The normalized spacial score (nSPS) is 11.8. The lowest BCUT2D eigenvalue weighted by Crippen LogP contribution is -2.35. The van der Waals surface area contributed by atoms with Crippen LogP contribution in [0, 0.1) is 5.82 Å². The molecule has 0 amide bonds. The van der Waals surface area contributed by atoms with Gasteiger partial charge in [0.25, 0.3) is 0 Å². The topological polar surface area (TPSA) is 12.0 Å². The van der Waals surface area contributed by atoms with E-state index in [-0.39, 0.29) is 11.4 Å². The summed E-state index contributed by atoms with van der Waals surface area (Å²) in [4.78, 5) is 0.808. The summed E-state index contributed by atoms with van der Waals surface area (Å²) >= 11 is 1.63. The molecule has 3 heteroatoms. The first kappa shape index (κ1) is 15.5. The number of halogens is 1. The SMILES string of the molecule is CCCCSc1c(F)cccc1CNC(C)(C)C. The molecule has 1 rings (SSSR count). The van der Waals surface area contributed by atoms with Gasteiger partial charge >= 0.3 is 0 Å². The molecule has 1 nitrogen and oxygen atoms in total. The molecule has 0 aliphatic rings. The van der Waals surface area contributed by atoms with E-state index in [1.807, 2.05) is 6.07 Å². The highest BCUT2D eigenvalue weighted by Gasteiger charge is 2.12. The molecule has 0 saturated heterocycles. The number of benzene rings is 1. The summed E-state index contributed by atoms with van der Waals surface area (Å²) in [5, 5.41) is 3.42. The molecule has 0 bridgehead atoms. The fraction of sp³-hybridized carbons (Fsp3) is 0.600. The molecule has 0 heterocycles. The molecule has 1 aromatic rings. The molecular formula is C15H24FNS. The maximum Gasteiger partial charge on any atom is 0.137 e. The molecule has 0 aromatic heterocycles. The highest BCUT2D eigenvalue weighted by atomic mass is 32.2. The molecule has 0 atom stereocenters. The van der Waals surface area contributed by atoms with Crippen molar-refractivity contribution in [2.75, 3.05) is 5.75 Å². The van der Waals surface area contributed by atoms with Crippen molar-refractivity contribution in [2.24, 2.45) is 0 Å². The first-order chi connectivity index (χ1) is 8.44. The third-order valence-corrected chi connectivity index (χ3v) is 3.84. The van der Waals surface area contributed by atoms with Crippen LogP contribution in [0.2, 0.25) is 0 Å². The van der Waals surface area contributed by atoms with Crippen LogP contribution >= 0.6 is 11.8 Å². The standard InChI is InChI=1S/C15H24FNS/c1-5-6-10-18-14-12(8-7-9-13(14)16)11-17-15(2,3)4/h7-9,17H,5-6,10-11H2,1-4H3. The third-order valence-electron chi connectivity index (χ3n) is 2.60. The smallest absolute Gasteiger partial charge is 0.137 e. The lowest BCUT2D eigenvalue weighted by molar-refractivity contribution is 0.421. The van der Waals surface area contributed by atoms with Crippen molar-refractivity contribution in [2.45, 2.75) is 57.5 Å². The van der Waals surface area contributed by atoms with Gasteiger partial charge in [-0.2, -0.15) is 0 Å². The molecule has 102 valence electrons. The second kappa shape index (κ2) is 7.15. The lowest BCUT2D eigenvalue weighted by atomic mass is 10.1. The molecule has 0 spiro atoms. The van der Waals surface area contributed by atoms with Crippen molar-refractivity contribution in [3.05, 3.63) is 29.6 Å². The number of thioether (sulfide) groups is 1. The average molecular weight is 269 g/mol. The minimum atomic E-state index is -0.0932. The minimum absolute atomic E-state index is 0.0532. The molecule has 0 fully saturated rings. The highest BCUT2D eigenvalue weighted by Crippen LogP contribution is 2.27. The molecule has 0 radical (unpaired) electrons. The van der Waals surface area contributed by atoms with Crippen LogP contribution in [0.25, 0.3) is 0 Å². The van der Waals surface area contributed by atoms with E-state index in [1.54, 1.807) is 23.9 Å². The van der Waals surface area contributed by atoms with Crippen LogP contribution < -0.4 is 5.32 Å². The van der Waals surface area contributed by atoms with Gasteiger partial charge in [0.1, 0.15) is 5.82 Å². The van der Waals surface area contributed by atoms with E-state index in [2.05, 4.69) is 33.0 Å². The Morgan fingerprint density at radius 1 is 1.28 bits per heavy atom. The lowest BCUT2D eigenvalue weighted by Gasteiger charge is -2.21. The molecule has 1 N–H and O–H groups in total. The Labute approximate surface area is 115 Å². The third kappa shape index (κ3) is 5.40. The predicted octanol–water partition coefficient (Wildman–Crippen LogP) is 4.61. The zero-order chi connectivity index (χ0) is 13.6. The summed E-state index contributed by atoms with van der Waals surface area (Å²) in [6.07, 6.45) is 2.28. The maximum absolute atomic E-state index is 13.8. The van der Waals surface area contributed by atoms with Gasteiger partial charge in [-0.25, -0.2) is 4.39 Å². The Hall–Kier alpha value is -0.540. The molecule has 0 unspecified atom stereocenters. The zero-order valence-electron chi connectivity index (χ0n) is 11.8. The molecule has 0 aliphatic carbocycles. The summed E-state index contributed by atoms with van der Waals surface area (Å²) in [5.41, 5.74) is 1.11. The first-order valence-corrected chi connectivity index (χ1v) is 7.58. The fourth-order valence-corrected chi connectivity index (χ4v) is 2.70. The number of hydrogen-bond donors (Lipinski definition) is 1. The number of hydrogen-bond acceptors (Lipinski definition) is 2. The van der Waals surface area contributed by atoms with Gasteiger partial charge in [0.15, 0.2) is 0 Å². The van der Waals surface area contributed by atoms with Gasteiger partial charge in [-0.3, -0.25) is 0 Å². The van der Waals surface area contributed by atoms with Gasteiger partial charge < -0.3 is 5.32 Å². The van der Waals surface area contributed by atoms with Crippen LogP contribution in [0.1, 0.15) is 46.1 Å². The predicted molar refractivity (Wildman–Crippen MR) is 78.6 cm³/mol. The summed E-state index contributed by atoms with van der Waals surface area (Å²) in [6, 6.07) is 5.35. The van der Waals surface area contributed by atoms with E-state index in [0.29, 0.717) is 0 Å². The summed E-state index contributed by atoms with van der Waals surface area (Å²) in [5.74, 6) is 0.893. The fourth-order valence-electron chi connectivity index (χ4n) is 1.53. The van der Waals surface area contributed by atoms with Crippen LogP contribution in [-0.4, -0.2) is 11.3 Å². The molecule has 1 aromatic carbocycles. The second-order valence-corrected chi connectivity index (χ2v) is 6.64. The van der Waals surface area contributed by atoms with Crippen LogP contribution in [0.5, 0.6) is 0 Å². The Kier molecular flexibility index (Phi) is 6.16. The van der Waals surface area contributed by atoms with E-state index in [1.165, 1.54) is 0 Å². The quantitative estimate of drug-likeness (QED) is 0.598. The Morgan fingerprint density at radius 3 is 2.61 bits per heavy atom. The van der Waals surface area contributed by atoms with Crippen molar-refractivity contribution in [3.63, 3.8) is 0 Å². The Balaban J connectivity index is 2.73. The molecule has 0 aliphatic heterocycles. The van der Waals surface area contributed by atoms with Crippen LogP contribution in [0.3, 0.4) is 0 Å².